The normalized spacial score (nSPS) is 12.1. The zero-order valence-corrected chi connectivity index (χ0v) is 12.9. The maximum atomic E-state index is 12.0. The molecular formula is C15H18N2O6. The number of aryl methyl sites for hydroxylation is 1. The summed E-state index contributed by atoms with van der Waals surface area (Å²) in [6, 6.07) is 2.40. The standard InChI is InChI=1S/C15H18N2O6/c1-9-11(17-14(23-9)12-4-3-6-22-12)8-13(18)16-10(15(19)20)5-7-21-2/h3-4,6,10H,5,7-8H2,1-2H3,(H,16,18)(H,19,20). The highest BCUT2D eigenvalue weighted by molar-refractivity contribution is 5.84. The fourth-order valence-corrected chi connectivity index (χ4v) is 1.99. The monoisotopic (exact) mass is 322 g/mol. The van der Waals surface area contributed by atoms with Gasteiger partial charge in [-0.25, -0.2) is 9.78 Å². The summed E-state index contributed by atoms with van der Waals surface area (Å²) in [6.45, 7) is 1.92. The van der Waals surface area contributed by atoms with Crippen molar-refractivity contribution in [3.05, 3.63) is 29.9 Å². The number of methoxy groups -OCH3 is 1. The first-order chi connectivity index (χ1) is 11.0. The van der Waals surface area contributed by atoms with Gasteiger partial charge in [0, 0.05) is 20.1 Å². The Bertz CT molecular complexity index is 662. The molecule has 0 aliphatic rings. The minimum absolute atomic E-state index is 0.0766. The van der Waals surface area contributed by atoms with Crippen LogP contribution in [0.3, 0.4) is 0 Å². The average molecular weight is 322 g/mol. The predicted molar refractivity (Wildman–Crippen MR) is 78.7 cm³/mol. The molecule has 0 aromatic carbocycles. The van der Waals surface area contributed by atoms with Gasteiger partial charge in [-0.2, -0.15) is 0 Å². The summed E-state index contributed by atoms with van der Waals surface area (Å²) in [4.78, 5) is 27.3. The van der Waals surface area contributed by atoms with Crippen LogP contribution in [0.1, 0.15) is 17.9 Å². The Kier molecular flexibility index (Phi) is 5.53. The van der Waals surface area contributed by atoms with Gasteiger partial charge >= 0.3 is 5.97 Å². The van der Waals surface area contributed by atoms with Gasteiger partial charge in [0.15, 0.2) is 5.76 Å². The Morgan fingerprint density at radius 1 is 1.48 bits per heavy atom. The molecule has 0 aliphatic heterocycles. The summed E-state index contributed by atoms with van der Waals surface area (Å²) in [5, 5.41) is 11.5. The number of carbonyl (C=O) groups is 2. The minimum Gasteiger partial charge on any atom is -0.480 e. The van der Waals surface area contributed by atoms with E-state index in [1.165, 1.54) is 13.4 Å². The van der Waals surface area contributed by atoms with E-state index in [2.05, 4.69) is 10.3 Å². The number of carboxylic acids is 1. The van der Waals surface area contributed by atoms with E-state index in [1.807, 2.05) is 0 Å². The molecule has 0 spiro atoms. The molecular weight excluding hydrogens is 304 g/mol. The summed E-state index contributed by atoms with van der Waals surface area (Å²) >= 11 is 0. The van der Waals surface area contributed by atoms with Crippen molar-refractivity contribution in [2.75, 3.05) is 13.7 Å². The number of amides is 1. The molecule has 0 saturated heterocycles. The Labute approximate surface area is 132 Å². The number of ether oxygens (including phenoxy) is 1. The molecule has 8 nitrogen and oxygen atoms in total. The second-order valence-electron chi connectivity index (χ2n) is 4.92. The average Bonchev–Trinajstić information content (AvgIpc) is 3.13. The number of nitrogens with zero attached hydrogens (tertiary/aromatic N) is 1. The lowest BCUT2D eigenvalue weighted by Crippen LogP contribution is -2.42. The van der Waals surface area contributed by atoms with Gasteiger partial charge in [-0.3, -0.25) is 4.79 Å². The second kappa shape index (κ2) is 7.59. The number of aromatic nitrogens is 1. The molecule has 124 valence electrons. The largest absolute Gasteiger partial charge is 0.480 e. The SMILES string of the molecule is COCCC(NC(=O)Cc1nc(-c2ccco2)oc1C)C(=O)O. The summed E-state index contributed by atoms with van der Waals surface area (Å²) in [5.41, 5.74) is 0.435. The molecule has 2 aromatic rings. The van der Waals surface area contributed by atoms with Gasteiger partial charge in [0.2, 0.25) is 5.91 Å². The zero-order chi connectivity index (χ0) is 16.8. The van der Waals surface area contributed by atoms with Gasteiger partial charge in [-0.1, -0.05) is 0 Å². The number of carbonyl (C=O) groups excluding carboxylic acids is 1. The third-order valence-electron chi connectivity index (χ3n) is 3.20. The van der Waals surface area contributed by atoms with Crippen LogP contribution in [0, 0.1) is 6.92 Å². The molecule has 1 atom stereocenters. The maximum Gasteiger partial charge on any atom is 0.326 e. The van der Waals surface area contributed by atoms with Gasteiger partial charge in [0.05, 0.1) is 18.4 Å². The predicted octanol–water partition coefficient (Wildman–Crippen LogP) is 1.39. The van der Waals surface area contributed by atoms with E-state index < -0.39 is 17.9 Å². The highest BCUT2D eigenvalue weighted by atomic mass is 16.5. The van der Waals surface area contributed by atoms with Gasteiger partial charge in [-0.15, -0.1) is 0 Å². The number of rotatable bonds is 8. The number of aliphatic carboxylic acids is 1. The molecule has 0 fully saturated rings. The minimum atomic E-state index is -1.11. The van der Waals surface area contributed by atoms with Crippen LogP contribution in [-0.4, -0.2) is 41.7 Å². The van der Waals surface area contributed by atoms with Gasteiger partial charge < -0.3 is 24.0 Å². The van der Waals surface area contributed by atoms with Crippen LogP contribution in [0.2, 0.25) is 0 Å². The topological polar surface area (TPSA) is 115 Å². The van der Waals surface area contributed by atoms with Crippen molar-refractivity contribution in [3.63, 3.8) is 0 Å². The summed E-state index contributed by atoms with van der Waals surface area (Å²) < 4.78 is 15.5. The van der Waals surface area contributed by atoms with Crippen LogP contribution in [-0.2, 0) is 20.7 Å². The van der Waals surface area contributed by atoms with Crippen LogP contribution in [0.15, 0.2) is 27.2 Å². The van der Waals surface area contributed by atoms with Crippen molar-refractivity contribution in [3.8, 4) is 11.7 Å². The maximum absolute atomic E-state index is 12.0. The molecule has 2 N–H and O–H groups in total. The van der Waals surface area contributed by atoms with E-state index in [1.54, 1.807) is 19.1 Å². The number of oxazole rings is 1. The van der Waals surface area contributed by atoms with E-state index >= 15 is 0 Å². The molecule has 23 heavy (non-hydrogen) atoms. The molecule has 1 amide bonds. The van der Waals surface area contributed by atoms with Crippen molar-refractivity contribution in [2.24, 2.45) is 0 Å². The van der Waals surface area contributed by atoms with Crippen molar-refractivity contribution >= 4 is 11.9 Å². The number of hydrogen-bond acceptors (Lipinski definition) is 6. The fraction of sp³-hybridized carbons (Fsp3) is 0.400. The quantitative estimate of drug-likeness (QED) is 0.754. The van der Waals surface area contributed by atoms with Gasteiger partial charge in [0.25, 0.3) is 5.89 Å². The third kappa shape index (κ3) is 4.43. The van der Waals surface area contributed by atoms with Crippen LogP contribution in [0.25, 0.3) is 11.7 Å². The molecule has 1 unspecified atom stereocenters. The van der Waals surface area contributed by atoms with E-state index in [0.717, 1.165) is 0 Å². The van der Waals surface area contributed by atoms with E-state index in [9.17, 15) is 9.59 Å². The molecule has 8 heteroatoms. The Morgan fingerprint density at radius 3 is 2.87 bits per heavy atom. The zero-order valence-electron chi connectivity index (χ0n) is 12.9. The smallest absolute Gasteiger partial charge is 0.326 e. The fourth-order valence-electron chi connectivity index (χ4n) is 1.99. The highest BCUT2D eigenvalue weighted by Crippen LogP contribution is 2.22. The molecule has 0 bridgehead atoms. The lowest BCUT2D eigenvalue weighted by molar-refractivity contribution is -0.142. The lowest BCUT2D eigenvalue weighted by atomic mass is 10.2. The molecule has 0 radical (unpaired) electrons. The van der Waals surface area contributed by atoms with Crippen LogP contribution in [0.4, 0.5) is 0 Å². The Morgan fingerprint density at radius 2 is 2.26 bits per heavy atom. The first-order valence-electron chi connectivity index (χ1n) is 7.02. The van der Waals surface area contributed by atoms with E-state index in [4.69, 9.17) is 18.7 Å². The third-order valence-corrected chi connectivity index (χ3v) is 3.20. The molecule has 2 aromatic heterocycles. The first kappa shape index (κ1) is 16.8. The molecule has 0 saturated carbocycles. The van der Waals surface area contributed by atoms with Gasteiger partial charge in [0.1, 0.15) is 11.8 Å². The highest BCUT2D eigenvalue weighted by Gasteiger charge is 2.22. The van der Waals surface area contributed by atoms with Crippen LogP contribution in [0.5, 0.6) is 0 Å². The summed E-state index contributed by atoms with van der Waals surface area (Å²) in [5.74, 6) is -0.331. The Hall–Kier alpha value is -2.61. The summed E-state index contributed by atoms with van der Waals surface area (Å²) in [7, 11) is 1.47. The molecule has 2 heterocycles. The first-order valence-corrected chi connectivity index (χ1v) is 7.02. The van der Waals surface area contributed by atoms with E-state index in [-0.39, 0.29) is 25.3 Å². The van der Waals surface area contributed by atoms with Crippen molar-refractivity contribution < 1.29 is 28.3 Å². The lowest BCUT2D eigenvalue weighted by Gasteiger charge is -2.13. The second-order valence-corrected chi connectivity index (χ2v) is 4.92. The van der Waals surface area contributed by atoms with Crippen molar-refractivity contribution in [2.45, 2.75) is 25.8 Å². The number of furan rings is 1. The molecule has 0 aliphatic carbocycles. The number of carboxylic acid groups (broad SMARTS) is 1. The Balaban J connectivity index is 2.01. The molecule has 2 rings (SSSR count). The summed E-state index contributed by atoms with van der Waals surface area (Å²) in [6.07, 6.45) is 1.61. The van der Waals surface area contributed by atoms with Crippen molar-refractivity contribution in [1.82, 2.24) is 10.3 Å². The number of nitrogens with one attached hydrogen (secondary N) is 1. The van der Waals surface area contributed by atoms with Crippen LogP contribution < -0.4 is 5.32 Å². The van der Waals surface area contributed by atoms with Gasteiger partial charge in [-0.05, 0) is 19.1 Å². The van der Waals surface area contributed by atoms with Crippen molar-refractivity contribution in [1.29, 1.82) is 0 Å². The van der Waals surface area contributed by atoms with Crippen LogP contribution >= 0.6 is 0 Å². The number of hydrogen-bond donors (Lipinski definition) is 2. The van der Waals surface area contributed by atoms with E-state index in [0.29, 0.717) is 17.2 Å².